The third-order valence-electron chi connectivity index (χ3n) is 7.43. The van der Waals surface area contributed by atoms with Gasteiger partial charge in [-0.2, -0.15) is 14.9 Å². The van der Waals surface area contributed by atoms with Gasteiger partial charge in [0.2, 0.25) is 0 Å². The second-order valence-corrected chi connectivity index (χ2v) is 9.83. The van der Waals surface area contributed by atoms with Gasteiger partial charge < -0.3 is 15.8 Å². The molecular weight excluding hydrogens is 529 g/mol. The van der Waals surface area contributed by atoms with Crippen molar-refractivity contribution in [2.24, 2.45) is 11.8 Å². The van der Waals surface area contributed by atoms with Crippen molar-refractivity contribution >= 4 is 28.7 Å². The topological polar surface area (TPSA) is 156 Å². The minimum atomic E-state index is -0.523. The van der Waals surface area contributed by atoms with Crippen LogP contribution in [0, 0.1) is 17.7 Å². The summed E-state index contributed by atoms with van der Waals surface area (Å²) in [6.45, 7) is 0.716. The molecule has 0 bridgehead atoms. The van der Waals surface area contributed by atoms with E-state index in [0.717, 1.165) is 30.0 Å². The van der Waals surface area contributed by atoms with Crippen molar-refractivity contribution in [3.05, 3.63) is 78.4 Å². The predicted molar refractivity (Wildman–Crippen MR) is 146 cm³/mol. The molecule has 3 aromatic heterocycles. The molecule has 12 nitrogen and oxygen atoms in total. The Kier molecular flexibility index (Phi) is 6.83. The third-order valence-corrected chi connectivity index (χ3v) is 7.43. The molecule has 0 saturated heterocycles. The number of methoxy groups -OCH3 is 1. The smallest absolute Gasteiger partial charge is 0.255 e. The number of nitrogens with zero attached hydrogens (tertiary/aromatic N) is 7. The van der Waals surface area contributed by atoms with Crippen LogP contribution in [0.3, 0.4) is 0 Å². The number of carbonyl (C=O) groups is 2. The molecule has 1 amide bonds. The first kappa shape index (κ1) is 26.0. The quantitative estimate of drug-likeness (QED) is 0.294. The van der Waals surface area contributed by atoms with E-state index in [9.17, 15) is 14.0 Å². The summed E-state index contributed by atoms with van der Waals surface area (Å²) < 4.78 is 21.9. The summed E-state index contributed by atoms with van der Waals surface area (Å²) in [5.74, 6) is -0.565. The lowest BCUT2D eigenvalue weighted by Crippen LogP contribution is -2.38. The summed E-state index contributed by atoms with van der Waals surface area (Å²) in [7, 11) is 1.43. The lowest BCUT2D eigenvalue weighted by Gasteiger charge is -2.34. The molecule has 1 aliphatic rings. The molecule has 0 radical (unpaired) electrons. The number of hydrogen-bond acceptors (Lipinski definition) is 9. The van der Waals surface area contributed by atoms with Gasteiger partial charge in [-0.1, -0.05) is 24.3 Å². The Morgan fingerprint density at radius 3 is 2.66 bits per heavy atom. The van der Waals surface area contributed by atoms with E-state index < -0.39 is 11.7 Å². The summed E-state index contributed by atoms with van der Waals surface area (Å²) in [5, 5.41) is 12.2. The van der Waals surface area contributed by atoms with Gasteiger partial charge in [-0.3, -0.25) is 9.59 Å². The fraction of sp³-hybridized carbons (Fsp3) is 0.250. The van der Waals surface area contributed by atoms with Crippen molar-refractivity contribution in [2.75, 3.05) is 12.8 Å². The number of amides is 1. The standard InChI is InChI=1S/C28H26FN9O3/c1-41-22-9-7-19(29)10-21(22)27(39)32-11-16-2-4-17(5-3-16)24-23-25(30)33-14-34-26(23)37(36-24)12-18-6-8-20(18)28(40)38-15-31-13-35-38/h2-5,7,9-10,13-15,18,20H,6,8,11-12H2,1H3,(H,32,39)(H2,30,33,34)/t18-,20?/m1/s1. The van der Waals surface area contributed by atoms with E-state index in [1.807, 2.05) is 24.3 Å². The number of ether oxygens (including phenoxy) is 1. The number of carbonyl (C=O) groups excluding carboxylic acids is 2. The zero-order chi connectivity index (χ0) is 28.5. The number of nitrogens with two attached hydrogens (primary N) is 1. The maximum Gasteiger partial charge on any atom is 0.255 e. The van der Waals surface area contributed by atoms with Gasteiger partial charge in [0.15, 0.2) is 5.65 Å². The summed E-state index contributed by atoms with van der Waals surface area (Å²) in [6, 6.07) is 11.3. The van der Waals surface area contributed by atoms with Crippen molar-refractivity contribution < 1.29 is 18.7 Å². The largest absolute Gasteiger partial charge is 0.496 e. The Morgan fingerprint density at radius 1 is 1.12 bits per heavy atom. The number of hydrogen-bond donors (Lipinski definition) is 2. The minimum Gasteiger partial charge on any atom is -0.496 e. The van der Waals surface area contributed by atoms with Crippen molar-refractivity contribution in [1.29, 1.82) is 0 Å². The fourth-order valence-corrected chi connectivity index (χ4v) is 5.10. The number of aromatic nitrogens is 7. The molecule has 0 spiro atoms. The molecule has 2 aromatic carbocycles. The molecule has 1 fully saturated rings. The number of halogens is 1. The molecule has 5 aromatic rings. The van der Waals surface area contributed by atoms with Crippen LogP contribution in [0.1, 0.15) is 33.6 Å². The molecule has 208 valence electrons. The normalized spacial score (nSPS) is 16.3. The highest BCUT2D eigenvalue weighted by molar-refractivity contribution is 5.98. The monoisotopic (exact) mass is 555 g/mol. The predicted octanol–water partition coefficient (Wildman–Crippen LogP) is 3.11. The van der Waals surface area contributed by atoms with Crippen LogP contribution in [0.15, 0.2) is 61.4 Å². The van der Waals surface area contributed by atoms with Crippen LogP contribution >= 0.6 is 0 Å². The van der Waals surface area contributed by atoms with Gasteiger partial charge in [-0.25, -0.2) is 24.0 Å². The minimum absolute atomic E-state index is 0.0709. The van der Waals surface area contributed by atoms with Crippen LogP contribution in [0.25, 0.3) is 22.3 Å². The highest BCUT2D eigenvalue weighted by atomic mass is 19.1. The van der Waals surface area contributed by atoms with Gasteiger partial charge >= 0.3 is 0 Å². The van der Waals surface area contributed by atoms with E-state index in [1.165, 1.54) is 42.9 Å². The highest BCUT2D eigenvalue weighted by Crippen LogP contribution is 2.38. The van der Waals surface area contributed by atoms with Gasteiger partial charge in [0.05, 0.1) is 18.1 Å². The van der Waals surface area contributed by atoms with Crippen molar-refractivity contribution in [3.8, 4) is 17.0 Å². The van der Waals surface area contributed by atoms with E-state index in [1.54, 1.807) is 4.68 Å². The number of nitrogen functional groups attached to an aromatic ring is 1. The van der Waals surface area contributed by atoms with E-state index in [-0.39, 0.29) is 35.6 Å². The summed E-state index contributed by atoms with van der Waals surface area (Å²) in [6.07, 6.45) is 5.82. The molecule has 0 aliphatic heterocycles. The van der Waals surface area contributed by atoms with E-state index in [2.05, 4.69) is 25.4 Å². The summed E-state index contributed by atoms with van der Waals surface area (Å²) in [5.41, 5.74) is 9.21. The Labute approximate surface area is 233 Å². The zero-order valence-corrected chi connectivity index (χ0v) is 22.1. The molecule has 3 N–H and O–H groups in total. The van der Waals surface area contributed by atoms with Gasteiger partial charge in [0, 0.05) is 24.6 Å². The molecule has 1 aliphatic carbocycles. The zero-order valence-electron chi connectivity index (χ0n) is 22.1. The number of anilines is 1. The van der Waals surface area contributed by atoms with Crippen molar-refractivity contribution in [3.63, 3.8) is 0 Å². The second kappa shape index (κ2) is 10.8. The second-order valence-electron chi connectivity index (χ2n) is 9.83. The molecule has 1 unspecified atom stereocenters. The maximum absolute atomic E-state index is 13.7. The van der Waals surface area contributed by atoms with E-state index >= 15 is 0 Å². The van der Waals surface area contributed by atoms with E-state index in [4.69, 9.17) is 15.6 Å². The lowest BCUT2D eigenvalue weighted by atomic mass is 9.73. The lowest BCUT2D eigenvalue weighted by molar-refractivity contribution is 0.0592. The molecule has 3 heterocycles. The first-order valence-corrected chi connectivity index (χ1v) is 13.0. The van der Waals surface area contributed by atoms with Gasteiger partial charge in [-0.15, -0.1) is 0 Å². The summed E-state index contributed by atoms with van der Waals surface area (Å²) in [4.78, 5) is 38.0. The van der Waals surface area contributed by atoms with E-state index in [0.29, 0.717) is 29.1 Å². The van der Waals surface area contributed by atoms with Crippen LogP contribution in [-0.4, -0.2) is 53.4 Å². The van der Waals surface area contributed by atoms with Crippen LogP contribution < -0.4 is 15.8 Å². The Balaban J connectivity index is 1.20. The average molecular weight is 556 g/mol. The SMILES string of the molecule is COc1ccc(F)cc1C(=O)NCc1ccc(-c2nn(C[C@H]3CCC3C(=O)n3cncn3)c3ncnc(N)c23)cc1. The van der Waals surface area contributed by atoms with Crippen LogP contribution in [0.5, 0.6) is 5.75 Å². The number of nitrogens with one attached hydrogen (secondary N) is 1. The van der Waals surface area contributed by atoms with Crippen molar-refractivity contribution in [2.45, 2.75) is 25.9 Å². The maximum atomic E-state index is 13.7. The van der Waals surface area contributed by atoms with Crippen LogP contribution in [0.4, 0.5) is 10.2 Å². The van der Waals surface area contributed by atoms with Gasteiger partial charge in [0.1, 0.15) is 42.1 Å². The Morgan fingerprint density at radius 2 is 1.95 bits per heavy atom. The molecule has 13 heteroatoms. The molecular formula is C28H26FN9O3. The number of rotatable bonds is 8. The summed E-state index contributed by atoms with van der Waals surface area (Å²) >= 11 is 0. The third kappa shape index (κ3) is 4.97. The Hall–Kier alpha value is -5.20. The molecule has 41 heavy (non-hydrogen) atoms. The number of fused-ring (bicyclic) bond motifs is 1. The molecule has 6 rings (SSSR count). The van der Waals surface area contributed by atoms with Gasteiger partial charge in [-0.05, 0) is 42.5 Å². The van der Waals surface area contributed by atoms with Gasteiger partial charge in [0.25, 0.3) is 11.8 Å². The fourth-order valence-electron chi connectivity index (χ4n) is 5.10. The molecule has 1 saturated carbocycles. The first-order chi connectivity index (χ1) is 19.9. The first-order valence-electron chi connectivity index (χ1n) is 13.0. The average Bonchev–Trinajstić information content (AvgIpc) is 3.64. The highest BCUT2D eigenvalue weighted by Gasteiger charge is 2.38. The molecule has 2 atom stereocenters. The Bertz CT molecular complexity index is 1740. The van der Waals surface area contributed by atoms with Crippen molar-refractivity contribution in [1.82, 2.24) is 39.8 Å². The number of benzene rings is 2. The van der Waals surface area contributed by atoms with Crippen LogP contribution in [0.2, 0.25) is 0 Å². The van der Waals surface area contributed by atoms with Crippen LogP contribution in [-0.2, 0) is 13.1 Å².